The van der Waals surface area contributed by atoms with Crippen molar-refractivity contribution in [3.63, 3.8) is 0 Å². The van der Waals surface area contributed by atoms with E-state index in [1.165, 1.54) is 12.3 Å². The summed E-state index contributed by atoms with van der Waals surface area (Å²) in [6, 6.07) is 7.11. The highest BCUT2D eigenvalue weighted by Gasteiger charge is 2.15. The number of aromatic nitrogens is 1. The van der Waals surface area contributed by atoms with Gasteiger partial charge >= 0.3 is 0 Å². The average molecular weight is 358 g/mol. The van der Waals surface area contributed by atoms with Crippen LogP contribution in [0.2, 0.25) is 5.02 Å². The van der Waals surface area contributed by atoms with Gasteiger partial charge in [-0.3, -0.25) is 4.98 Å². The van der Waals surface area contributed by atoms with Gasteiger partial charge in [0.25, 0.3) is 0 Å². The van der Waals surface area contributed by atoms with Crippen molar-refractivity contribution in [2.75, 3.05) is 6.54 Å². The second kappa shape index (κ2) is 7.16. The highest BCUT2D eigenvalue weighted by atomic mass is 79.9. The van der Waals surface area contributed by atoms with Crippen LogP contribution in [0.5, 0.6) is 0 Å². The zero-order valence-corrected chi connectivity index (χ0v) is 13.4. The van der Waals surface area contributed by atoms with Gasteiger partial charge in [-0.2, -0.15) is 0 Å². The molecule has 0 radical (unpaired) electrons. The molecule has 0 fully saturated rings. The van der Waals surface area contributed by atoms with Crippen molar-refractivity contribution in [3.05, 3.63) is 63.1 Å². The third-order valence-electron chi connectivity index (χ3n) is 2.93. The molecule has 1 unspecified atom stereocenters. The lowest BCUT2D eigenvalue weighted by atomic mass is 10.00. The van der Waals surface area contributed by atoms with Crippen molar-refractivity contribution in [2.24, 2.45) is 0 Å². The number of hydrogen-bond donors (Lipinski definition) is 1. The third kappa shape index (κ3) is 3.78. The summed E-state index contributed by atoms with van der Waals surface area (Å²) in [5, 5.41) is 4.06. The van der Waals surface area contributed by atoms with Crippen molar-refractivity contribution < 1.29 is 4.39 Å². The second-order valence-corrected chi connectivity index (χ2v) is 5.76. The molecular weight excluding hydrogens is 343 g/mol. The summed E-state index contributed by atoms with van der Waals surface area (Å²) in [5.41, 5.74) is 1.81. The summed E-state index contributed by atoms with van der Waals surface area (Å²) in [5.74, 6) is -0.334. The molecule has 1 aromatic heterocycles. The van der Waals surface area contributed by atoms with Gasteiger partial charge in [0.2, 0.25) is 0 Å². The second-order valence-electron chi connectivity index (χ2n) is 4.50. The first-order chi connectivity index (χ1) is 9.61. The summed E-state index contributed by atoms with van der Waals surface area (Å²) in [6.07, 6.45) is 3.88. The Hall–Kier alpha value is -0.970. The van der Waals surface area contributed by atoms with Crippen LogP contribution >= 0.6 is 27.5 Å². The molecule has 0 aliphatic carbocycles. The molecule has 2 nitrogen and oxygen atoms in total. The fraction of sp³-hybridized carbons (Fsp3) is 0.267. The van der Waals surface area contributed by atoms with E-state index < -0.39 is 0 Å². The molecule has 0 spiro atoms. The van der Waals surface area contributed by atoms with Crippen molar-refractivity contribution in [2.45, 2.75) is 19.4 Å². The molecule has 1 heterocycles. The highest BCUT2D eigenvalue weighted by molar-refractivity contribution is 9.10. The van der Waals surface area contributed by atoms with Crippen LogP contribution in [-0.2, 0) is 0 Å². The molecule has 2 rings (SSSR count). The Morgan fingerprint density at radius 3 is 2.75 bits per heavy atom. The molecule has 1 atom stereocenters. The lowest BCUT2D eigenvalue weighted by Crippen LogP contribution is -2.23. The van der Waals surface area contributed by atoms with Gasteiger partial charge in [0.05, 0.1) is 17.3 Å². The summed E-state index contributed by atoms with van der Waals surface area (Å²) >= 11 is 9.44. The number of nitrogens with one attached hydrogen (secondary N) is 1. The zero-order valence-electron chi connectivity index (χ0n) is 11.0. The number of benzene rings is 1. The number of hydrogen-bond acceptors (Lipinski definition) is 2. The Bertz CT molecular complexity index is 592. The molecule has 0 aliphatic rings. The molecule has 0 bridgehead atoms. The molecule has 5 heteroatoms. The molecule has 0 amide bonds. The van der Waals surface area contributed by atoms with E-state index in [1.807, 2.05) is 18.2 Å². The minimum Gasteiger partial charge on any atom is -0.306 e. The lowest BCUT2D eigenvalue weighted by molar-refractivity contribution is 0.580. The van der Waals surface area contributed by atoms with E-state index in [9.17, 15) is 4.39 Å². The smallest absolute Gasteiger partial charge is 0.141 e. The van der Waals surface area contributed by atoms with Gasteiger partial charge in [-0.05, 0) is 58.2 Å². The maximum absolute atomic E-state index is 13.4. The summed E-state index contributed by atoms with van der Waals surface area (Å²) in [6.45, 7) is 2.92. The first-order valence-corrected chi connectivity index (χ1v) is 7.57. The minimum absolute atomic E-state index is 0.105. The fourth-order valence-electron chi connectivity index (χ4n) is 1.99. The Morgan fingerprint density at radius 1 is 1.30 bits per heavy atom. The van der Waals surface area contributed by atoms with E-state index in [0.717, 1.165) is 28.6 Å². The van der Waals surface area contributed by atoms with E-state index >= 15 is 0 Å². The maximum Gasteiger partial charge on any atom is 0.141 e. The molecule has 0 aliphatic heterocycles. The molecule has 1 aromatic carbocycles. The van der Waals surface area contributed by atoms with Crippen LogP contribution in [-0.4, -0.2) is 11.5 Å². The van der Waals surface area contributed by atoms with Crippen LogP contribution in [0.25, 0.3) is 0 Å². The van der Waals surface area contributed by atoms with Gasteiger partial charge < -0.3 is 5.32 Å². The number of nitrogens with zero attached hydrogens (tertiary/aromatic N) is 1. The van der Waals surface area contributed by atoms with Crippen molar-refractivity contribution in [1.82, 2.24) is 10.3 Å². The standard InChI is InChI=1S/C15H15BrClFN2/c1-2-5-20-15(11-6-12(18)9-19-8-11)10-3-4-14(17)13(16)7-10/h3-4,6-9,15,20H,2,5H2,1H3. The first kappa shape index (κ1) is 15.4. The molecule has 0 saturated heterocycles. The quantitative estimate of drug-likeness (QED) is 0.837. The Morgan fingerprint density at radius 2 is 2.10 bits per heavy atom. The van der Waals surface area contributed by atoms with E-state index in [0.29, 0.717) is 5.02 Å². The van der Waals surface area contributed by atoms with Gasteiger partial charge in [-0.25, -0.2) is 4.39 Å². The van der Waals surface area contributed by atoms with Gasteiger partial charge in [0.1, 0.15) is 5.82 Å². The Balaban J connectivity index is 2.38. The van der Waals surface area contributed by atoms with Crippen LogP contribution < -0.4 is 5.32 Å². The van der Waals surface area contributed by atoms with Crippen LogP contribution in [0.3, 0.4) is 0 Å². The van der Waals surface area contributed by atoms with Crippen molar-refractivity contribution in [1.29, 1.82) is 0 Å². The van der Waals surface area contributed by atoms with Crippen LogP contribution in [0, 0.1) is 5.82 Å². The molecule has 106 valence electrons. The molecule has 0 saturated carbocycles. The number of pyridine rings is 1. The predicted octanol–water partition coefficient (Wildman–Crippen LogP) is 4.73. The van der Waals surface area contributed by atoms with Gasteiger partial charge in [0, 0.05) is 10.7 Å². The van der Waals surface area contributed by atoms with Crippen LogP contribution in [0.4, 0.5) is 4.39 Å². The number of rotatable bonds is 5. The van der Waals surface area contributed by atoms with Crippen LogP contribution in [0.15, 0.2) is 41.1 Å². The Kier molecular flexibility index (Phi) is 5.52. The topological polar surface area (TPSA) is 24.9 Å². The van der Waals surface area contributed by atoms with E-state index in [4.69, 9.17) is 11.6 Å². The minimum atomic E-state index is -0.334. The largest absolute Gasteiger partial charge is 0.306 e. The monoisotopic (exact) mass is 356 g/mol. The van der Waals surface area contributed by atoms with E-state index in [1.54, 1.807) is 6.20 Å². The summed E-state index contributed by atoms with van der Waals surface area (Å²) in [7, 11) is 0. The summed E-state index contributed by atoms with van der Waals surface area (Å²) in [4.78, 5) is 3.93. The normalized spacial score (nSPS) is 12.4. The predicted molar refractivity (Wildman–Crippen MR) is 83.5 cm³/mol. The molecule has 1 N–H and O–H groups in total. The van der Waals surface area contributed by atoms with Gasteiger partial charge in [-0.1, -0.05) is 24.6 Å². The van der Waals surface area contributed by atoms with Crippen molar-refractivity contribution >= 4 is 27.5 Å². The summed E-state index contributed by atoms with van der Waals surface area (Å²) < 4.78 is 14.2. The van der Waals surface area contributed by atoms with E-state index in [2.05, 4.69) is 33.2 Å². The number of halogens is 3. The highest BCUT2D eigenvalue weighted by Crippen LogP contribution is 2.29. The molecule has 20 heavy (non-hydrogen) atoms. The molecular formula is C15H15BrClFN2. The third-order valence-corrected chi connectivity index (χ3v) is 4.15. The van der Waals surface area contributed by atoms with Crippen molar-refractivity contribution in [3.8, 4) is 0 Å². The molecule has 2 aromatic rings. The van der Waals surface area contributed by atoms with Gasteiger partial charge in [0.15, 0.2) is 0 Å². The fourth-order valence-corrected chi connectivity index (χ4v) is 2.51. The SMILES string of the molecule is CCCNC(c1cncc(F)c1)c1ccc(Cl)c(Br)c1. The van der Waals surface area contributed by atoms with E-state index in [-0.39, 0.29) is 11.9 Å². The average Bonchev–Trinajstić information content (AvgIpc) is 2.43. The first-order valence-electron chi connectivity index (χ1n) is 6.40. The Labute approximate surface area is 131 Å². The van der Waals surface area contributed by atoms with Crippen LogP contribution in [0.1, 0.15) is 30.5 Å². The zero-order chi connectivity index (χ0) is 14.5. The van der Waals surface area contributed by atoms with Gasteiger partial charge in [-0.15, -0.1) is 0 Å². The lowest BCUT2D eigenvalue weighted by Gasteiger charge is -2.20. The maximum atomic E-state index is 13.4.